The number of likely N-dealkylation sites (tertiary alicyclic amines) is 1. The van der Waals surface area contributed by atoms with Crippen LogP contribution in [0, 0.1) is 12.8 Å². The van der Waals surface area contributed by atoms with E-state index in [0.29, 0.717) is 11.6 Å². The first-order valence-electron chi connectivity index (χ1n) is 7.26. The van der Waals surface area contributed by atoms with Crippen LogP contribution in [-0.4, -0.2) is 46.7 Å². The van der Waals surface area contributed by atoms with Crippen LogP contribution in [0.1, 0.15) is 41.7 Å². The lowest BCUT2D eigenvalue weighted by Gasteiger charge is -2.32. The molecule has 2 aliphatic rings. The Morgan fingerprint density at radius 2 is 2.10 bits per heavy atom. The molecule has 2 heterocycles. The first-order valence-corrected chi connectivity index (χ1v) is 7.26. The monoisotopic (exact) mass is 298 g/mol. The van der Waals surface area contributed by atoms with Crippen molar-refractivity contribution < 1.29 is 4.79 Å². The van der Waals surface area contributed by atoms with Gasteiger partial charge in [-0.25, -0.2) is 0 Å². The number of aromatic amines is 1. The van der Waals surface area contributed by atoms with Gasteiger partial charge in [0.1, 0.15) is 0 Å². The second-order valence-electron chi connectivity index (χ2n) is 5.83. The number of nitrogens with zero attached hydrogens (tertiary/aromatic N) is 2. The van der Waals surface area contributed by atoms with Crippen LogP contribution in [0.2, 0.25) is 0 Å². The minimum atomic E-state index is 0. The highest BCUT2D eigenvalue weighted by atomic mass is 35.5. The molecule has 1 aliphatic heterocycles. The summed E-state index contributed by atoms with van der Waals surface area (Å²) < 4.78 is 0. The van der Waals surface area contributed by atoms with Gasteiger partial charge in [0.05, 0.1) is 11.8 Å². The minimum Gasteiger partial charge on any atom is -0.338 e. The molecule has 2 fully saturated rings. The fourth-order valence-electron chi connectivity index (χ4n) is 2.68. The van der Waals surface area contributed by atoms with E-state index in [1.807, 2.05) is 11.8 Å². The number of aromatic nitrogens is 2. The maximum absolute atomic E-state index is 12.3. The highest BCUT2D eigenvalue weighted by molar-refractivity contribution is 5.95. The van der Waals surface area contributed by atoms with E-state index in [1.54, 1.807) is 6.20 Å². The van der Waals surface area contributed by atoms with Crippen LogP contribution < -0.4 is 5.32 Å². The Balaban J connectivity index is 0.00000147. The summed E-state index contributed by atoms with van der Waals surface area (Å²) in [6.45, 7) is 4.77. The fraction of sp³-hybridized carbons (Fsp3) is 0.714. The molecule has 1 amide bonds. The van der Waals surface area contributed by atoms with E-state index < -0.39 is 0 Å². The van der Waals surface area contributed by atoms with Gasteiger partial charge in [-0.05, 0) is 45.1 Å². The summed E-state index contributed by atoms with van der Waals surface area (Å²) >= 11 is 0. The van der Waals surface area contributed by atoms with E-state index in [9.17, 15) is 4.79 Å². The number of halogens is 1. The lowest BCUT2D eigenvalue weighted by molar-refractivity contribution is 0.0704. The summed E-state index contributed by atoms with van der Waals surface area (Å²) in [7, 11) is 0. The normalized spacial score (nSPS) is 19.8. The number of aryl methyl sites for hydroxylation is 1. The third-order valence-corrected chi connectivity index (χ3v) is 4.23. The molecule has 0 atom stereocenters. The molecule has 3 rings (SSSR count). The highest BCUT2D eigenvalue weighted by Crippen LogP contribution is 2.28. The Bertz CT molecular complexity index is 450. The summed E-state index contributed by atoms with van der Waals surface area (Å²) in [5.74, 6) is 1.04. The van der Waals surface area contributed by atoms with Crippen molar-refractivity contribution in [2.45, 2.75) is 38.6 Å². The zero-order valence-corrected chi connectivity index (χ0v) is 12.7. The second-order valence-corrected chi connectivity index (χ2v) is 5.83. The predicted molar refractivity (Wildman–Crippen MR) is 80.2 cm³/mol. The zero-order chi connectivity index (χ0) is 13.2. The molecule has 6 heteroatoms. The number of carbonyl (C=O) groups is 1. The van der Waals surface area contributed by atoms with Crippen LogP contribution in [0.25, 0.3) is 0 Å². The van der Waals surface area contributed by atoms with Crippen molar-refractivity contribution >= 4 is 18.3 Å². The number of hydrogen-bond donors (Lipinski definition) is 2. The number of nitrogens with one attached hydrogen (secondary N) is 2. The molecule has 1 saturated heterocycles. The van der Waals surface area contributed by atoms with Crippen LogP contribution in [0.15, 0.2) is 6.20 Å². The number of hydrogen-bond acceptors (Lipinski definition) is 3. The Morgan fingerprint density at radius 1 is 1.40 bits per heavy atom. The van der Waals surface area contributed by atoms with Gasteiger partial charge >= 0.3 is 0 Å². The van der Waals surface area contributed by atoms with Gasteiger partial charge < -0.3 is 10.2 Å². The second kappa shape index (κ2) is 6.59. The van der Waals surface area contributed by atoms with Crippen molar-refractivity contribution in [3.8, 4) is 0 Å². The third kappa shape index (κ3) is 3.52. The molecule has 1 aromatic heterocycles. The van der Waals surface area contributed by atoms with Crippen LogP contribution >= 0.6 is 12.4 Å². The number of H-pyrrole nitrogens is 1. The van der Waals surface area contributed by atoms with Gasteiger partial charge in [0.25, 0.3) is 5.91 Å². The van der Waals surface area contributed by atoms with Crippen molar-refractivity contribution in [2.24, 2.45) is 5.92 Å². The van der Waals surface area contributed by atoms with Gasteiger partial charge in [-0.1, -0.05) is 0 Å². The van der Waals surface area contributed by atoms with Gasteiger partial charge in [-0.2, -0.15) is 5.10 Å². The third-order valence-electron chi connectivity index (χ3n) is 4.23. The summed E-state index contributed by atoms with van der Waals surface area (Å²) in [5.41, 5.74) is 1.57. The first kappa shape index (κ1) is 15.3. The molecule has 20 heavy (non-hydrogen) atoms. The average molecular weight is 299 g/mol. The first-order chi connectivity index (χ1) is 9.24. The van der Waals surface area contributed by atoms with Gasteiger partial charge in [0.2, 0.25) is 0 Å². The average Bonchev–Trinajstić information content (AvgIpc) is 3.17. The standard InChI is InChI=1S/C14H22N4O.ClH/c1-10-13(9-16-17-10)14(19)18-6-4-12(5-7-18)15-8-11-2-3-11;/h9,11-12,15H,2-8H2,1H3,(H,16,17);1H. The Labute approximate surface area is 125 Å². The van der Waals surface area contributed by atoms with Gasteiger partial charge in [-0.15, -0.1) is 12.4 Å². The Morgan fingerprint density at radius 3 is 2.65 bits per heavy atom. The number of carbonyl (C=O) groups excluding carboxylic acids is 1. The Hall–Kier alpha value is -1.07. The van der Waals surface area contributed by atoms with Crippen LogP contribution in [0.5, 0.6) is 0 Å². The summed E-state index contributed by atoms with van der Waals surface area (Å²) in [6.07, 6.45) is 6.55. The number of rotatable bonds is 4. The Kier molecular flexibility index (Phi) is 5.05. The largest absolute Gasteiger partial charge is 0.338 e. The maximum atomic E-state index is 12.3. The molecule has 2 N–H and O–H groups in total. The van der Waals surface area contributed by atoms with Crippen molar-refractivity contribution in [2.75, 3.05) is 19.6 Å². The van der Waals surface area contributed by atoms with Crippen LogP contribution in [-0.2, 0) is 0 Å². The van der Waals surface area contributed by atoms with E-state index in [-0.39, 0.29) is 18.3 Å². The zero-order valence-electron chi connectivity index (χ0n) is 11.9. The minimum absolute atomic E-state index is 0. The lowest BCUT2D eigenvalue weighted by atomic mass is 10.0. The molecular weight excluding hydrogens is 276 g/mol. The van der Waals surface area contributed by atoms with E-state index >= 15 is 0 Å². The quantitative estimate of drug-likeness (QED) is 0.890. The molecule has 0 radical (unpaired) electrons. The molecule has 0 spiro atoms. The van der Waals surface area contributed by atoms with Crippen LogP contribution in [0.4, 0.5) is 0 Å². The summed E-state index contributed by atoms with van der Waals surface area (Å²) in [5, 5.41) is 10.4. The fourth-order valence-corrected chi connectivity index (χ4v) is 2.68. The SMILES string of the molecule is Cc1[nH]ncc1C(=O)N1CCC(NCC2CC2)CC1.Cl. The van der Waals surface area contributed by atoms with E-state index in [1.165, 1.54) is 19.4 Å². The number of amides is 1. The predicted octanol–water partition coefficient (Wildman–Crippen LogP) is 1.74. The van der Waals surface area contributed by atoms with E-state index in [2.05, 4.69) is 15.5 Å². The van der Waals surface area contributed by atoms with Crippen molar-refractivity contribution in [1.82, 2.24) is 20.4 Å². The van der Waals surface area contributed by atoms with Crippen molar-refractivity contribution in [3.63, 3.8) is 0 Å². The highest BCUT2D eigenvalue weighted by Gasteiger charge is 2.27. The summed E-state index contributed by atoms with van der Waals surface area (Å²) in [6, 6.07) is 0.593. The topological polar surface area (TPSA) is 61.0 Å². The molecular formula is C14H23ClN4O. The van der Waals surface area contributed by atoms with Gasteiger partial charge in [0, 0.05) is 24.8 Å². The lowest BCUT2D eigenvalue weighted by Crippen LogP contribution is -2.45. The molecule has 1 aliphatic carbocycles. The smallest absolute Gasteiger partial charge is 0.257 e. The van der Waals surface area contributed by atoms with Crippen molar-refractivity contribution in [1.29, 1.82) is 0 Å². The van der Waals surface area contributed by atoms with E-state index in [0.717, 1.165) is 37.5 Å². The molecule has 0 aromatic carbocycles. The van der Waals surface area contributed by atoms with Gasteiger partial charge in [-0.3, -0.25) is 9.89 Å². The van der Waals surface area contributed by atoms with E-state index in [4.69, 9.17) is 0 Å². The molecule has 0 unspecified atom stereocenters. The summed E-state index contributed by atoms with van der Waals surface area (Å²) in [4.78, 5) is 14.3. The van der Waals surface area contributed by atoms with Crippen LogP contribution in [0.3, 0.4) is 0 Å². The molecule has 0 bridgehead atoms. The molecule has 112 valence electrons. The molecule has 5 nitrogen and oxygen atoms in total. The number of piperidine rings is 1. The molecule has 1 saturated carbocycles. The molecule has 1 aromatic rings. The van der Waals surface area contributed by atoms with Gasteiger partial charge in [0.15, 0.2) is 0 Å². The van der Waals surface area contributed by atoms with Crippen molar-refractivity contribution in [3.05, 3.63) is 17.5 Å². The maximum Gasteiger partial charge on any atom is 0.257 e.